The number of hydrogen-bond donors (Lipinski definition) is 2. The number of anilines is 2. The van der Waals surface area contributed by atoms with Crippen molar-refractivity contribution in [3.63, 3.8) is 0 Å². The maximum Gasteiger partial charge on any atom is 0.260 e. The van der Waals surface area contributed by atoms with Gasteiger partial charge in [-0.15, -0.1) is 0 Å². The number of para-hydroxylation sites is 1. The van der Waals surface area contributed by atoms with Gasteiger partial charge in [-0.3, -0.25) is 25.2 Å². The van der Waals surface area contributed by atoms with Crippen LogP contribution in [0, 0.1) is 5.92 Å². The van der Waals surface area contributed by atoms with Gasteiger partial charge >= 0.3 is 0 Å². The lowest BCUT2D eigenvalue weighted by Crippen LogP contribution is -2.43. The van der Waals surface area contributed by atoms with Crippen LogP contribution in [0.25, 0.3) is 0 Å². The molecular formula is C24H27BrN4O6. The van der Waals surface area contributed by atoms with Crippen LogP contribution in [0.4, 0.5) is 11.4 Å². The molecule has 2 saturated heterocycles. The quantitative estimate of drug-likeness (QED) is 0.488. The van der Waals surface area contributed by atoms with Crippen molar-refractivity contribution in [1.29, 1.82) is 0 Å². The number of halogens is 1. The van der Waals surface area contributed by atoms with Crippen molar-refractivity contribution in [2.75, 3.05) is 56.9 Å². The monoisotopic (exact) mass is 546 g/mol. The number of hydrazine groups is 1. The van der Waals surface area contributed by atoms with Crippen molar-refractivity contribution in [3.05, 3.63) is 46.9 Å². The SMILES string of the molecule is COc1cc(NNC(=O)[C@@H]2CC(=O)N(c3ccccc3)C2)cc(Br)c1OCC(=O)N1CCOCC1. The highest BCUT2D eigenvalue weighted by Crippen LogP contribution is 2.38. The largest absolute Gasteiger partial charge is 0.493 e. The summed E-state index contributed by atoms with van der Waals surface area (Å²) in [7, 11) is 1.49. The third kappa shape index (κ3) is 6.04. The van der Waals surface area contributed by atoms with E-state index in [1.54, 1.807) is 21.9 Å². The van der Waals surface area contributed by atoms with Gasteiger partial charge in [-0.25, -0.2) is 0 Å². The van der Waals surface area contributed by atoms with Gasteiger partial charge in [-0.2, -0.15) is 0 Å². The van der Waals surface area contributed by atoms with Gasteiger partial charge in [0.2, 0.25) is 11.8 Å². The molecule has 35 heavy (non-hydrogen) atoms. The minimum Gasteiger partial charge on any atom is -0.493 e. The molecule has 4 rings (SSSR count). The van der Waals surface area contributed by atoms with E-state index >= 15 is 0 Å². The zero-order valence-corrected chi connectivity index (χ0v) is 20.9. The lowest BCUT2D eigenvalue weighted by Gasteiger charge is -2.27. The second-order valence-corrected chi connectivity index (χ2v) is 8.98. The van der Waals surface area contributed by atoms with Gasteiger partial charge in [-0.05, 0) is 34.1 Å². The van der Waals surface area contributed by atoms with Crippen LogP contribution in [-0.2, 0) is 19.1 Å². The molecule has 2 N–H and O–H groups in total. The predicted octanol–water partition coefficient (Wildman–Crippen LogP) is 2.19. The van der Waals surface area contributed by atoms with Crippen LogP contribution in [0.3, 0.4) is 0 Å². The molecule has 0 saturated carbocycles. The first-order chi connectivity index (χ1) is 17.0. The fourth-order valence-corrected chi connectivity index (χ4v) is 4.50. The smallest absolute Gasteiger partial charge is 0.260 e. The highest BCUT2D eigenvalue weighted by molar-refractivity contribution is 9.10. The molecule has 0 radical (unpaired) electrons. The molecule has 2 fully saturated rings. The summed E-state index contributed by atoms with van der Waals surface area (Å²) in [5.74, 6) is -0.220. The van der Waals surface area contributed by atoms with E-state index in [-0.39, 0.29) is 30.7 Å². The summed E-state index contributed by atoms with van der Waals surface area (Å²) in [6.07, 6.45) is 0.138. The molecule has 186 valence electrons. The van der Waals surface area contributed by atoms with E-state index in [9.17, 15) is 14.4 Å². The molecule has 0 spiro atoms. The predicted molar refractivity (Wildman–Crippen MR) is 132 cm³/mol. The number of hydrogen-bond acceptors (Lipinski definition) is 7. The first kappa shape index (κ1) is 24.8. The van der Waals surface area contributed by atoms with Crippen LogP contribution >= 0.6 is 15.9 Å². The van der Waals surface area contributed by atoms with E-state index in [1.165, 1.54) is 7.11 Å². The average Bonchev–Trinajstić information content (AvgIpc) is 3.28. The number of carbonyl (C=O) groups excluding carboxylic acids is 3. The molecule has 0 unspecified atom stereocenters. The standard InChI is InChI=1S/C24H27BrN4O6/c1-33-20-13-17(12-19(25)23(20)35-15-22(31)28-7-9-34-10-8-28)26-27-24(32)16-11-21(30)29(14-16)18-5-3-2-4-6-18/h2-6,12-13,16,26H,7-11,14-15H2,1H3,(H,27,32)/t16-/m1/s1. The van der Waals surface area contributed by atoms with Crippen molar-refractivity contribution in [3.8, 4) is 11.5 Å². The molecule has 10 nitrogen and oxygen atoms in total. The number of benzene rings is 2. The summed E-state index contributed by atoms with van der Waals surface area (Å²) in [5, 5.41) is 0. The molecule has 2 aromatic rings. The lowest BCUT2D eigenvalue weighted by atomic mass is 10.1. The second-order valence-electron chi connectivity index (χ2n) is 8.13. The fourth-order valence-electron chi connectivity index (χ4n) is 3.95. The highest BCUT2D eigenvalue weighted by atomic mass is 79.9. The van der Waals surface area contributed by atoms with Gasteiger partial charge in [0.1, 0.15) is 0 Å². The zero-order chi connectivity index (χ0) is 24.8. The fraction of sp³-hybridized carbons (Fsp3) is 0.375. The molecular weight excluding hydrogens is 520 g/mol. The van der Waals surface area contributed by atoms with Crippen LogP contribution in [0.15, 0.2) is 46.9 Å². The van der Waals surface area contributed by atoms with Crippen molar-refractivity contribution in [1.82, 2.24) is 10.3 Å². The molecule has 1 atom stereocenters. The molecule has 2 aromatic carbocycles. The Hall–Kier alpha value is -3.31. The lowest BCUT2D eigenvalue weighted by molar-refractivity contribution is -0.137. The van der Waals surface area contributed by atoms with Crippen LogP contribution in [0.2, 0.25) is 0 Å². The summed E-state index contributed by atoms with van der Waals surface area (Å²) in [6, 6.07) is 12.6. The van der Waals surface area contributed by atoms with Crippen molar-refractivity contribution in [2.24, 2.45) is 5.92 Å². The molecule has 3 amide bonds. The second kappa shape index (κ2) is 11.4. The Bertz CT molecular complexity index is 1080. The molecule has 2 aliphatic heterocycles. The van der Waals surface area contributed by atoms with E-state index < -0.39 is 5.92 Å². The Morgan fingerprint density at radius 2 is 1.91 bits per heavy atom. The minimum absolute atomic E-state index is 0.0890. The summed E-state index contributed by atoms with van der Waals surface area (Å²) >= 11 is 3.45. The van der Waals surface area contributed by atoms with Crippen LogP contribution in [0.5, 0.6) is 11.5 Å². The third-order valence-electron chi connectivity index (χ3n) is 5.83. The minimum atomic E-state index is -0.477. The normalized spacial score (nSPS) is 17.8. The first-order valence-electron chi connectivity index (χ1n) is 11.2. The Kier molecular flexibility index (Phi) is 8.09. The topological polar surface area (TPSA) is 109 Å². The van der Waals surface area contributed by atoms with Crippen LogP contribution in [0.1, 0.15) is 6.42 Å². The molecule has 11 heteroatoms. The third-order valence-corrected chi connectivity index (χ3v) is 6.42. The number of methoxy groups -OCH3 is 1. The Labute approximate surface area is 211 Å². The Balaban J connectivity index is 1.34. The van der Waals surface area contributed by atoms with Crippen LogP contribution < -0.4 is 25.2 Å². The molecule has 0 aliphatic carbocycles. The van der Waals surface area contributed by atoms with E-state index in [0.29, 0.717) is 54.5 Å². The summed E-state index contributed by atoms with van der Waals surface area (Å²) < 4.78 is 17.0. The Morgan fingerprint density at radius 3 is 2.63 bits per heavy atom. The van der Waals surface area contributed by atoms with Gasteiger partial charge in [0.05, 0.1) is 36.4 Å². The van der Waals surface area contributed by atoms with E-state index in [0.717, 1.165) is 5.69 Å². The van der Waals surface area contributed by atoms with Gasteiger partial charge in [0, 0.05) is 37.8 Å². The van der Waals surface area contributed by atoms with E-state index in [4.69, 9.17) is 14.2 Å². The molecule has 2 heterocycles. The van der Waals surface area contributed by atoms with E-state index in [1.807, 2.05) is 30.3 Å². The number of nitrogens with zero attached hydrogens (tertiary/aromatic N) is 2. The Morgan fingerprint density at radius 1 is 1.17 bits per heavy atom. The van der Waals surface area contributed by atoms with Crippen LogP contribution in [-0.4, -0.2) is 69.2 Å². The molecule has 2 aliphatic rings. The molecule has 0 aromatic heterocycles. The number of morpholine rings is 1. The highest BCUT2D eigenvalue weighted by Gasteiger charge is 2.35. The number of carbonyl (C=O) groups is 3. The number of rotatable bonds is 8. The number of amides is 3. The van der Waals surface area contributed by atoms with Gasteiger partial charge in [0.25, 0.3) is 5.91 Å². The van der Waals surface area contributed by atoms with E-state index in [2.05, 4.69) is 26.8 Å². The van der Waals surface area contributed by atoms with Gasteiger partial charge in [-0.1, -0.05) is 18.2 Å². The van der Waals surface area contributed by atoms with Crippen molar-refractivity contribution < 1.29 is 28.6 Å². The van der Waals surface area contributed by atoms with Crippen molar-refractivity contribution >= 4 is 45.0 Å². The number of ether oxygens (including phenoxy) is 3. The number of nitrogens with one attached hydrogen (secondary N) is 2. The summed E-state index contributed by atoms with van der Waals surface area (Å²) in [6.45, 7) is 2.30. The summed E-state index contributed by atoms with van der Waals surface area (Å²) in [4.78, 5) is 40.8. The van der Waals surface area contributed by atoms with Crippen molar-refractivity contribution in [2.45, 2.75) is 6.42 Å². The first-order valence-corrected chi connectivity index (χ1v) is 12.0. The molecule has 0 bridgehead atoms. The summed E-state index contributed by atoms with van der Waals surface area (Å²) in [5.41, 5.74) is 6.85. The van der Waals surface area contributed by atoms with Gasteiger partial charge < -0.3 is 24.0 Å². The zero-order valence-electron chi connectivity index (χ0n) is 19.3. The average molecular weight is 547 g/mol. The van der Waals surface area contributed by atoms with Gasteiger partial charge in [0.15, 0.2) is 18.1 Å². The maximum atomic E-state index is 12.7. The maximum absolute atomic E-state index is 12.7.